The Hall–Kier alpha value is -3.39. The number of aryl methyl sites for hydroxylation is 1. The number of carbonyl (C=O) groups excluding carboxylic acids is 2. The molecule has 1 heterocycles. The summed E-state index contributed by atoms with van der Waals surface area (Å²) in [4.78, 5) is 36.3. The van der Waals surface area contributed by atoms with Gasteiger partial charge in [-0.3, -0.25) is 19.5 Å². The topological polar surface area (TPSA) is 87.1 Å². The zero-order chi connectivity index (χ0) is 26.5. The molecule has 1 aromatic heterocycles. The summed E-state index contributed by atoms with van der Waals surface area (Å²) < 4.78 is 5.87. The molecule has 2 amide bonds. The monoisotopic (exact) mass is 513 g/mol. The highest BCUT2D eigenvalue weighted by Gasteiger charge is 2.27. The summed E-state index contributed by atoms with van der Waals surface area (Å²) in [6.45, 7) is 11.3. The van der Waals surface area contributed by atoms with Crippen LogP contribution in [0.4, 0.5) is 11.5 Å². The molecule has 0 saturated carbocycles. The Balaban J connectivity index is 2.72. The number of nitrogens with zero attached hydrogens (tertiary/aromatic N) is 4. The number of hydrogen-bond donors (Lipinski definition) is 1. The summed E-state index contributed by atoms with van der Waals surface area (Å²) in [5.41, 5.74) is 2.16. The van der Waals surface area contributed by atoms with Crippen molar-refractivity contribution in [1.29, 1.82) is 0 Å². The Bertz CT molecular complexity index is 1060. The lowest BCUT2D eigenvalue weighted by molar-refractivity contribution is -0.109. The number of amides is 2. The quantitative estimate of drug-likeness (QED) is 0.120. The van der Waals surface area contributed by atoms with Crippen molar-refractivity contribution in [3.8, 4) is 5.88 Å². The molecule has 1 unspecified atom stereocenters. The maximum Gasteiger partial charge on any atom is 0.234 e. The molecule has 0 fully saturated rings. The average molecular weight is 514 g/mol. The average Bonchev–Trinajstić information content (AvgIpc) is 2.88. The van der Waals surface area contributed by atoms with Gasteiger partial charge in [0, 0.05) is 26.2 Å². The van der Waals surface area contributed by atoms with E-state index in [4.69, 9.17) is 21.3 Å². The number of pyridine rings is 1. The number of halogens is 1. The smallest absolute Gasteiger partial charge is 0.234 e. The second kappa shape index (κ2) is 14.9. The number of carbonyl (C=O) groups is 2. The van der Waals surface area contributed by atoms with Gasteiger partial charge in [0.1, 0.15) is 10.9 Å². The van der Waals surface area contributed by atoms with Crippen LogP contribution in [-0.4, -0.2) is 61.3 Å². The van der Waals surface area contributed by atoms with Crippen molar-refractivity contribution >= 4 is 41.8 Å². The molecule has 1 aromatic carbocycles. The molecule has 1 atom stereocenters. The predicted molar refractivity (Wildman–Crippen MR) is 147 cm³/mol. The summed E-state index contributed by atoms with van der Waals surface area (Å²) in [7, 11) is 1.68. The summed E-state index contributed by atoms with van der Waals surface area (Å²) in [6, 6.07) is 9.20. The van der Waals surface area contributed by atoms with Crippen molar-refractivity contribution in [1.82, 2.24) is 15.2 Å². The number of anilines is 2. The van der Waals surface area contributed by atoms with Crippen LogP contribution in [0.1, 0.15) is 44.2 Å². The molecule has 0 aliphatic rings. The summed E-state index contributed by atoms with van der Waals surface area (Å²) in [6.07, 6.45) is 5.73. The van der Waals surface area contributed by atoms with Crippen molar-refractivity contribution in [2.75, 3.05) is 31.6 Å². The van der Waals surface area contributed by atoms with E-state index in [1.165, 1.54) is 4.90 Å². The van der Waals surface area contributed by atoms with Crippen LogP contribution in [0.3, 0.4) is 0 Å². The second-order valence-corrected chi connectivity index (χ2v) is 8.71. The predicted octanol–water partition coefficient (Wildman–Crippen LogP) is 4.91. The number of para-hydroxylation sites is 1. The van der Waals surface area contributed by atoms with Gasteiger partial charge in [-0.2, -0.15) is 4.98 Å². The van der Waals surface area contributed by atoms with Gasteiger partial charge in [0.05, 0.1) is 17.9 Å². The Morgan fingerprint density at radius 1 is 1.33 bits per heavy atom. The molecule has 8 nitrogen and oxygen atoms in total. The molecule has 0 saturated heterocycles. The first-order valence-corrected chi connectivity index (χ1v) is 12.5. The lowest BCUT2D eigenvalue weighted by Gasteiger charge is -2.33. The second-order valence-electron chi connectivity index (χ2n) is 8.30. The summed E-state index contributed by atoms with van der Waals surface area (Å²) >= 11 is 6.64. The van der Waals surface area contributed by atoms with E-state index in [0.29, 0.717) is 60.5 Å². The number of nitrogens with one attached hydrogen (secondary N) is 1. The Morgan fingerprint density at radius 2 is 2.08 bits per heavy atom. The third-order valence-corrected chi connectivity index (χ3v) is 5.97. The molecule has 2 rings (SSSR count). The molecular formula is C27H36ClN5O3. The minimum absolute atomic E-state index is 0.107. The lowest BCUT2D eigenvalue weighted by Crippen LogP contribution is -2.45. The van der Waals surface area contributed by atoms with Crippen LogP contribution in [0.5, 0.6) is 5.88 Å². The molecule has 1 N–H and O–H groups in total. The first-order valence-electron chi connectivity index (χ1n) is 12.1. The number of amidine groups is 1. The van der Waals surface area contributed by atoms with Gasteiger partial charge >= 0.3 is 0 Å². The molecule has 2 aromatic rings. The van der Waals surface area contributed by atoms with Crippen LogP contribution in [-0.2, 0) is 9.59 Å². The summed E-state index contributed by atoms with van der Waals surface area (Å²) in [5.74, 6) is 1.20. The molecule has 0 spiro atoms. The van der Waals surface area contributed by atoms with E-state index in [1.807, 2.05) is 49.1 Å². The standard InChI is InChI=1S/C27H36ClN5O3/c1-6-8-14-32(21(4)17-30-18-34)25(29-5)22-16-23(28)27(36-15-9-7-2)31-26(22)33(19-35)24-13-11-10-12-20(24)3/h6,10-13,16,18-19,21H,1,7-9,14-15,17H2,2-5H3,(H,30,34). The molecule has 194 valence electrons. The number of aromatic nitrogens is 1. The number of aliphatic imine (C=N–C) groups is 1. The maximum atomic E-state index is 12.5. The highest BCUT2D eigenvalue weighted by atomic mass is 35.5. The van der Waals surface area contributed by atoms with Gasteiger partial charge in [0.15, 0.2) is 5.82 Å². The molecule has 0 bridgehead atoms. The van der Waals surface area contributed by atoms with Crippen LogP contribution < -0.4 is 15.0 Å². The lowest BCUT2D eigenvalue weighted by atomic mass is 10.1. The number of hydrogen-bond acceptors (Lipinski definition) is 5. The Labute approximate surface area is 219 Å². The molecular weight excluding hydrogens is 478 g/mol. The van der Waals surface area contributed by atoms with E-state index in [9.17, 15) is 9.59 Å². The van der Waals surface area contributed by atoms with Gasteiger partial charge in [-0.1, -0.05) is 49.2 Å². The molecule has 36 heavy (non-hydrogen) atoms. The maximum absolute atomic E-state index is 12.5. The van der Waals surface area contributed by atoms with Gasteiger partial charge < -0.3 is 15.0 Å². The van der Waals surface area contributed by atoms with Gasteiger partial charge in [0.25, 0.3) is 0 Å². The first-order chi connectivity index (χ1) is 17.4. The fourth-order valence-electron chi connectivity index (χ4n) is 3.78. The van der Waals surface area contributed by atoms with E-state index >= 15 is 0 Å². The molecule has 0 aliphatic heterocycles. The third kappa shape index (κ3) is 7.31. The normalized spacial score (nSPS) is 12.0. The number of rotatable bonds is 15. The van der Waals surface area contributed by atoms with Crippen LogP contribution in [0.2, 0.25) is 5.02 Å². The number of unbranched alkanes of at least 4 members (excludes halogenated alkanes) is 1. The zero-order valence-corrected chi connectivity index (χ0v) is 22.3. The largest absolute Gasteiger partial charge is 0.477 e. The molecule has 9 heteroatoms. The van der Waals surface area contributed by atoms with Crippen LogP contribution in [0.25, 0.3) is 0 Å². The van der Waals surface area contributed by atoms with Crippen molar-refractivity contribution in [2.24, 2.45) is 4.99 Å². The van der Waals surface area contributed by atoms with Gasteiger partial charge in [0.2, 0.25) is 18.7 Å². The highest BCUT2D eigenvalue weighted by molar-refractivity contribution is 6.32. The zero-order valence-electron chi connectivity index (χ0n) is 21.5. The van der Waals surface area contributed by atoms with Gasteiger partial charge in [-0.25, -0.2) is 0 Å². The fraction of sp³-hybridized carbons (Fsp3) is 0.407. The summed E-state index contributed by atoms with van der Waals surface area (Å²) in [5, 5.41) is 3.06. The van der Waals surface area contributed by atoms with E-state index in [2.05, 4.69) is 23.8 Å². The first kappa shape index (κ1) is 28.8. The van der Waals surface area contributed by atoms with E-state index in [0.717, 1.165) is 24.8 Å². The van der Waals surface area contributed by atoms with E-state index in [1.54, 1.807) is 13.1 Å². The van der Waals surface area contributed by atoms with Crippen molar-refractivity contribution in [3.05, 3.63) is 59.1 Å². The fourth-order valence-corrected chi connectivity index (χ4v) is 3.98. The minimum Gasteiger partial charge on any atom is -0.477 e. The van der Waals surface area contributed by atoms with Gasteiger partial charge in [-0.15, -0.1) is 6.58 Å². The Morgan fingerprint density at radius 3 is 2.69 bits per heavy atom. The Kier molecular flexibility index (Phi) is 11.9. The van der Waals surface area contributed by atoms with Crippen molar-refractivity contribution in [3.63, 3.8) is 0 Å². The number of benzene rings is 1. The van der Waals surface area contributed by atoms with Gasteiger partial charge in [-0.05, 0) is 44.4 Å². The number of ether oxygens (including phenoxy) is 1. The minimum atomic E-state index is -0.107. The van der Waals surface area contributed by atoms with Crippen molar-refractivity contribution < 1.29 is 14.3 Å². The van der Waals surface area contributed by atoms with Crippen LogP contribution >= 0.6 is 11.6 Å². The highest BCUT2D eigenvalue weighted by Crippen LogP contribution is 2.35. The van der Waals surface area contributed by atoms with Crippen molar-refractivity contribution in [2.45, 2.75) is 46.1 Å². The van der Waals surface area contributed by atoms with Crippen LogP contribution in [0, 0.1) is 6.92 Å². The van der Waals surface area contributed by atoms with Crippen LogP contribution in [0.15, 0.2) is 48.0 Å². The third-order valence-electron chi connectivity index (χ3n) is 5.70. The molecule has 0 radical (unpaired) electrons. The van der Waals surface area contributed by atoms with E-state index in [-0.39, 0.29) is 11.9 Å². The molecule has 0 aliphatic carbocycles. The van der Waals surface area contributed by atoms with E-state index < -0.39 is 0 Å². The SMILES string of the molecule is C=CCCN(C(=NC)c1cc(Cl)c(OCCCC)nc1N(C=O)c1ccccc1C)C(C)CNC=O.